The maximum Gasteiger partial charge on any atom is 0.176 e. The molecule has 2 unspecified atom stereocenters. The lowest BCUT2D eigenvalue weighted by Crippen LogP contribution is -2.31. The van der Waals surface area contributed by atoms with E-state index in [4.69, 9.17) is 0 Å². The highest BCUT2D eigenvalue weighted by atomic mass is 16.1. The lowest BCUT2D eigenvalue weighted by atomic mass is 9.79. The predicted octanol–water partition coefficient (Wildman–Crippen LogP) is 5.20. The highest BCUT2D eigenvalue weighted by Crippen LogP contribution is 2.34. The molecular formula is C23H35NO. The molecule has 0 amide bonds. The van der Waals surface area contributed by atoms with E-state index in [1.165, 1.54) is 11.1 Å². The minimum Gasteiger partial charge on any atom is -0.299 e. The normalized spacial score (nSPS) is 23.8. The molecule has 0 bridgehead atoms. The number of Topliss-reactive ketones (excluding diaryl/α,β-unsaturated/α-hetero) is 1. The zero-order valence-electron chi connectivity index (χ0n) is 17.5. The van der Waals surface area contributed by atoms with Crippen LogP contribution in [0.4, 0.5) is 0 Å². The summed E-state index contributed by atoms with van der Waals surface area (Å²) in [6, 6.07) is 6.86. The third-order valence-corrected chi connectivity index (χ3v) is 5.33. The van der Waals surface area contributed by atoms with Crippen LogP contribution in [-0.2, 0) is 15.6 Å². The summed E-state index contributed by atoms with van der Waals surface area (Å²) in [5.74, 6) is 0.604. The molecule has 0 N–H and O–H groups in total. The largest absolute Gasteiger partial charge is 0.299 e. The summed E-state index contributed by atoms with van der Waals surface area (Å²) in [5, 5.41) is 0. The highest BCUT2D eigenvalue weighted by Gasteiger charge is 2.36. The molecule has 1 aliphatic carbocycles. The summed E-state index contributed by atoms with van der Waals surface area (Å²) in [4.78, 5) is 14.9. The van der Waals surface area contributed by atoms with E-state index in [0.29, 0.717) is 5.92 Å². The number of carbonyl (C=O) groups is 1. The third kappa shape index (κ3) is 4.41. The van der Waals surface area contributed by atoms with Crippen molar-refractivity contribution in [2.45, 2.75) is 71.8 Å². The van der Waals surface area contributed by atoms with E-state index in [1.807, 2.05) is 19.0 Å². The standard InChI is InChI=1S/C23H35NO/c1-15-10-20(24(8)9)21(25)19(15)13-16-11-17(22(2,3)4)14-18(12-16)23(5,6)7/h11-15,20H,10H2,1-9H3. The Bertz CT molecular complexity index is 651. The molecule has 0 heterocycles. The van der Waals surface area contributed by atoms with E-state index >= 15 is 0 Å². The van der Waals surface area contributed by atoms with E-state index in [1.54, 1.807) is 0 Å². The van der Waals surface area contributed by atoms with Gasteiger partial charge in [-0.1, -0.05) is 66.7 Å². The van der Waals surface area contributed by atoms with Gasteiger partial charge in [0.05, 0.1) is 6.04 Å². The van der Waals surface area contributed by atoms with Gasteiger partial charge in [-0.2, -0.15) is 0 Å². The van der Waals surface area contributed by atoms with Crippen molar-refractivity contribution in [3.63, 3.8) is 0 Å². The Labute approximate surface area is 154 Å². The van der Waals surface area contributed by atoms with E-state index in [-0.39, 0.29) is 22.7 Å². The number of ketones is 1. The van der Waals surface area contributed by atoms with Gasteiger partial charge in [-0.25, -0.2) is 0 Å². The van der Waals surface area contributed by atoms with Crippen LogP contribution >= 0.6 is 0 Å². The van der Waals surface area contributed by atoms with Crippen LogP contribution in [-0.4, -0.2) is 30.8 Å². The molecule has 1 aromatic rings. The molecule has 0 saturated heterocycles. The van der Waals surface area contributed by atoms with Crippen molar-refractivity contribution >= 4 is 11.9 Å². The predicted molar refractivity (Wildman–Crippen MR) is 108 cm³/mol. The molecule has 1 saturated carbocycles. The zero-order chi connectivity index (χ0) is 19.2. The molecule has 2 rings (SSSR count). The van der Waals surface area contributed by atoms with Gasteiger partial charge >= 0.3 is 0 Å². The monoisotopic (exact) mass is 341 g/mol. The number of carbonyl (C=O) groups excluding carboxylic acids is 1. The van der Waals surface area contributed by atoms with Gasteiger partial charge in [-0.15, -0.1) is 0 Å². The van der Waals surface area contributed by atoms with Gasteiger partial charge in [0.25, 0.3) is 0 Å². The quantitative estimate of drug-likeness (QED) is 0.689. The van der Waals surface area contributed by atoms with Crippen LogP contribution in [0.2, 0.25) is 0 Å². The second kappa shape index (κ2) is 6.72. The molecular weight excluding hydrogens is 306 g/mol. The van der Waals surface area contributed by atoms with Crippen molar-refractivity contribution in [1.82, 2.24) is 4.90 Å². The number of nitrogens with zero attached hydrogens (tertiary/aromatic N) is 1. The van der Waals surface area contributed by atoms with Crippen LogP contribution in [0.25, 0.3) is 6.08 Å². The molecule has 0 aliphatic heterocycles. The summed E-state index contributed by atoms with van der Waals surface area (Å²) >= 11 is 0. The van der Waals surface area contributed by atoms with Gasteiger partial charge in [-0.3, -0.25) is 9.69 Å². The van der Waals surface area contributed by atoms with Crippen molar-refractivity contribution in [2.24, 2.45) is 5.92 Å². The Morgan fingerprint density at radius 1 is 0.960 bits per heavy atom. The Balaban J connectivity index is 2.54. The summed E-state index contributed by atoms with van der Waals surface area (Å²) in [7, 11) is 3.99. The van der Waals surface area contributed by atoms with E-state index < -0.39 is 0 Å². The maximum absolute atomic E-state index is 12.8. The first-order valence-electron chi connectivity index (χ1n) is 9.39. The average molecular weight is 342 g/mol. The van der Waals surface area contributed by atoms with Crippen LogP contribution in [0.3, 0.4) is 0 Å². The molecule has 1 aliphatic rings. The Morgan fingerprint density at radius 3 is 1.80 bits per heavy atom. The van der Waals surface area contributed by atoms with Crippen molar-refractivity contribution < 1.29 is 4.79 Å². The molecule has 2 heteroatoms. The summed E-state index contributed by atoms with van der Waals surface area (Å²) in [5.41, 5.74) is 4.97. The molecule has 0 spiro atoms. The number of likely N-dealkylation sites (N-methyl/N-ethyl adjacent to an activating group) is 1. The van der Waals surface area contributed by atoms with Gasteiger partial charge in [0.2, 0.25) is 0 Å². The number of rotatable bonds is 2. The summed E-state index contributed by atoms with van der Waals surface area (Å²) in [6.07, 6.45) is 3.06. The smallest absolute Gasteiger partial charge is 0.176 e. The first-order chi connectivity index (χ1) is 11.3. The Hall–Kier alpha value is -1.41. The lowest BCUT2D eigenvalue weighted by Gasteiger charge is -2.26. The molecule has 2 nitrogen and oxygen atoms in total. The first-order valence-corrected chi connectivity index (χ1v) is 9.39. The summed E-state index contributed by atoms with van der Waals surface area (Å²) in [6.45, 7) is 15.7. The van der Waals surface area contributed by atoms with Crippen LogP contribution in [0.1, 0.15) is 71.6 Å². The zero-order valence-corrected chi connectivity index (χ0v) is 17.5. The maximum atomic E-state index is 12.8. The van der Waals surface area contributed by atoms with Gasteiger partial charge in [0.15, 0.2) is 5.78 Å². The fourth-order valence-corrected chi connectivity index (χ4v) is 3.44. The van der Waals surface area contributed by atoms with Crippen molar-refractivity contribution in [1.29, 1.82) is 0 Å². The molecule has 25 heavy (non-hydrogen) atoms. The molecule has 0 radical (unpaired) electrons. The average Bonchev–Trinajstić information content (AvgIpc) is 2.73. The minimum atomic E-state index is 0.0223. The SMILES string of the molecule is CC1CC(N(C)C)C(=O)C1=Cc1cc(C(C)(C)C)cc(C(C)(C)C)c1. The van der Waals surface area contributed by atoms with Crippen molar-refractivity contribution in [3.05, 3.63) is 40.5 Å². The second-order valence-corrected chi connectivity index (χ2v) is 9.92. The van der Waals surface area contributed by atoms with Crippen LogP contribution in [0.5, 0.6) is 0 Å². The second-order valence-electron chi connectivity index (χ2n) is 9.92. The molecule has 0 aromatic heterocycles. The van der Waals surface area contributed by atoms with E-state index in [9.17, 15) is 4.79 Å². The van der Waals surface area contributed by atoms with E-state index in [0.717, 1.165) is 17.6 Å². The van der Waals surface area contributed by atoms with Gasteiger partial charge in [0.1, 0.15) is 0 Å². The van der Waals surface area contributed by atoms with Crippen LogP contribution in [0.15, 0.2) is 23.8 Å². The first kappa shape index (κ1) is 19.9. The number of hydrogen-bond acceptors (Lipinski definition) is 2. The lowest BCUT2D eigenvalue weighted by molar-refractivity contribution is -0.118. The van der Waals surface area contributed by atoms with Crippen LogP contribution < -0.4 is 0 Å². The molecule has 1 aromatic carbocycles. The van der Waals surface area contributed by atoms with Gasteiger partial charge in [0, 0.05) is 5.57 Å². The number of benzene rings is 1. The fourth-order valence-electron chi connectivity index (χ4n) is 3.44. The molecule has 1 fully saturated rings. The van der Waals surface area contributed by atoms with Crippen molar-refractivity contribution in [3.8, 4) is 0 Å². The topological polar surface area (TPSA) is 20.3 Å². The molecule has 138 valence electrons. The minimum absolute atomic E-state index is 0.0223. The van der Waals surface area contributed by atoms with Crippen LogP contribution in [0, 0.1) is 5.92 Å². The Morgan fingerprint density at radius 2 is 1.44 bits per heavy atom. The highest BCUT2D eigenvalue weighted by molar-refractivity contribution is 6.05. The molecule has 2 atom stereocenters. The van der Waals surface area contributed by atoms with Gasteiger partial charge < -0.3 is 0 Å². The third-order valence-electron chi connectivity index (χ3n) is 5.33. The van der Waals surface area contributed by atoms with Gasteiger partial charge in [-0.05, 0) is 60.0 Å². The Kier molecular flexibility index (Phi) is 5.35. The fraction of sp³-hybridized carbons (Fsp3) is 0.609. The number of hydrogen-bond donors (Lipinski definition) is 0. The van der Waals surface area contributed by atoms with Crippen molar-refractivity contribution in [2.75, 3.05) is 14.1 Å². The van der Waals surface area contributed by atoms with E-state index in [2.05, 4.69) is 72.7 Å². The summed E-state index contributed by atoms with van der Waals surface area (Å²) < 4.78 is 0.